The van der Waals surface area contributed by atoms with Gasteiger partial charge >= 0.3 is 0 Å². The van der Waals surface area contributed by atoms with Crippen LogP contribution < -0.4 is 5.32 Å². The van der Waals surface area contributed by atoms with Gasteiger partial charge in [-0.2, -0.15) is 0 Å². The second kappa shape index (κ2) is 7.74. The molecule has 7 heteroatoms. The fraction of sp³-hybridized carbons (Fsp3) is 0.200. The number of halogens is 2. The van der Waals surface area contributed by atoms with Crippen molar-refractivity contribution < 1.29 is 9.18 Å². The molecule has 27 heavy (non-hydrogen) atoms. The van der Waals surface area contributed by atoms with Gasteiger partial charge in [-0.1, -0.05) is 35.5 Å². The normalized spacial score (nSPS) is 14.7. The fourth-order valence-electron chi connectivity index (χ4n) is 2.70. The topological polar surface area (TPSA) is 46.9 Å². The van der Waals surface area contributed by atoms with Gasteiger partial charge in [0.15, 0.2) is 5.16 Å². The van der Waals surface area contributed by atoms with Crippen LogP contribution in [0.25, 0.3) is 5.69 Å². The van der Waals surface area contributed by atoms with Crippen LogP contribution in [0.2, 0.25) is 5.02 Å². The summed E-state index contributed by atoms with van der Waals surface area (Å²) >= 11 is 7.31. The summed E-state index contributed by atoms with van der Waals surface area (Å²) in [7, 11) is 0. The number of carbonyl (C=O) groups excluding carboxylic acids is 1. The quantitative estimate of drug-likeness (QED) is 0.605. The Morgan fingerprint density at radius 2 is 1.89 bits per heavy atom. The lowest BCUT2D eigenvalue weighted by Gasteiger charge is -2.17. The Morgan fingerprint density at radius 1 is 1.19 bits per heavy atom. The molecule has 0 spiro atoms. The maximum Gasteiger partial charge on any atom is 0.238 e. The molecule has 1 heterocycles. The Morgan fingerprint density at radius 3 is 2.56 bits per heavy atom. The number of aromatic nitrogens is 2. The average molecular weight is 402 g/mol. The van der Waals surface area contributed by atoms with Gasteiger partial charge in [-0.05, 0) is 54.8 Å². The summed E-state index contributed by atoms with van der Waals surface area (Å²) in [5, 5.41) is 3.86. The molecule has 1 atom stereocenters. The van der Waals surface area contributed by atoms with Gasteiger partial charge in [-0.25, -0.2) is 9.37 Å². The van der Waals surface area contributed by atoms with E-state index in [9.17, 15) is 9.18 Å². The summed E-state index contributed by atoms with van der Waals surface area (Å²) in [6.07, 6.45) is 5.54. The van der Waals surface area contributed by atoms with Gasteiger partial charge in [0.05, 0.1) is 0 Å². The number of benzene rings is 2. The van der Waals surface area contributed by atoms with Crippen LogP contribution >= 0.6 is 23.4 Å². The molecule has 2 aromatic carbocycles. The first kappa shape index (κ1) is 18.1. The van der Waals surface area contributed by atoms with Crippen molar-refractivity contribution in [1.82, 2.24) is 14.9 Å². The summed E-state index contributed by atoms with van der Waals surface area (Å²) in [6, 6.07) is 13.7. The maximum atomic E-state index is 13.3. The van der Waals surface area contributed by atoms with Gasteiger partial charge in [0, 0.05) is 29.1 Å². The first-order valence-electron chi connectivity index (χ1n) is 8.62. The number of rotatable bonds is 6. The van der Waals surface area contributed by atoms with Crippen molar-refractivity contribution in [2.24, 2.45) is 0 Å². The molecule has 0 aliphatic heterocycles. The zero-order chi connectivity index (χ0) is 18.8. The van der Waals surface area contributed by atoms with Crippen molar-refractivity contribution >= 4 is 29.3 Å². The second-order valence-corrected chi connectivity index (χ2v) is 7.90. The van der Waals surface area contributed by atoms with E-state index in [0.717, 1.165) is 24.1 Å². The summed E-state index contributed by atoms with van der Waals surface area (Å²) in [5.74, 6) is -0.410. The molecule has 0 unspecified atom stereocenters. The molecule has 0 saturated heterocycles. The minimum absolute atomic E-state index is 0.0836. The van der Waals surface area contributed by atoms with Crippen LogP contribution in [0.4, 0.5) is 4.39 Å². The molecular weight excluding hydrogens is 385 g/mol. The fourth-order valence-corrected chi connectivity index (χ4v) is 3.90. The lowest BCUT2D eigenvalue weighted by atomic mass is 10.1. The maximum absolute atomic E-state index is 13.3. The number of thioether (sulfide) groups is 1. The zero-order valence-corrected chi connectivity index (χ0v) is 15.9. The number of nitrogens with one attached hydrogen (secondary N) is 1. The first-order valence-corrected chi connectivity index (χ1v) is 9.88. The van der Waals surface area contributed by atoms with E-state index in [1.807, 2.05) is 35.0 Å². The molecule has 0 radical (unpaired) electrons. The largest absolute Gasteiger partial charge is 0.352 e. The number of hydrogen-bond acceptors (Lipinski definition) is 3. The summed E-state index contributed by atoms with van der Waals surface area (Å²) in [4.78, 5) is 17.2. The van der Waals surface area contributed by atoms with Crippen LogP contribution in [0.3, 0.4) is 0 Å². The van der Waals surface area contributed by atoms with E-state index in [1.165, 1.54) is 23.9 Å². The van der Waals surface area contributed by atoms with Gasteiger partial charge in [0.2, 0.25) is 5.91 Å². The van der Waals surface area contributed by atoms with Gasteiger partial charge in [0.25, 0.3) is 0 Å². The zero-order valence-electron chi connectivity index (χ0n) is 14.3. The van der Waals surface area contributed by atoms with Gasteiger partial charge in [0.1, 0.15) is 11.1 Å². The molecule has 1 aliphatic rings. The molecule has 3 aromatic rings. The molecule has 1 aromatic heterocycles. The minimum Gasteiger partial charge on any atom is -0.352 e. The van der Waals surface area contributed by atoms with Crippen molar-refractivity contribution in [2.45, 2.75) is 29.3 Å². The minimum atomic E-state index is -0.514. The predicted molar refractivity (Wildman–Crippen MR) is 105 cm³/mol. The Balaban J connectivity index is 1.63. The number of amides is 1. The second-order valence-electron chi connectivity index (χ2n) is 6.39. The van der Waals surface area contributed by atoms with Crippen molar-refractivity contribution in [3.8, 4) is 5.69 Å². The van der Waals surface area contributed by atoms with Crippen molar-refractivity contribution in [1.29, 1.82) is 0 Å². The number of nitrogens with zero attached hydrogens (tertiary/aromatic N) is 2. The summed E-state index contributed by atoms with van der Waals surface area (Å²) < 4.78 is 15.2. The third kappa shape index (κ3) is 4.34. The molecule has 1 amide bonds. The summed E-state index contributed by atoms with van der Waals surface area (Å²) in [6.45, 7) is 0. The van der Waals surface area contributed by atoms with E-state index >= 15 is 0 Å². The van der Waals surface area contributed by atoms with E-state index < -0.39 is 5.25 Å². The molecule has 4 nitrogen and oxygen atoms in total. The lowest BCUT2D eigenvalue weighted by Crippen LogP contribution is -2.30. The Kier molecular flexibility index (Phi) is 5.18. The molecule has 138 valence electrons. The molecule has 0 bridgehead atoms. The van der Waals surface area contributed by atoms with E-state index in [1.54, 1.807) is 18.3 Å². The van der Waals surface area contributed by atoms with Gasteiger partial charge < -0.3 is 5.32 Å². The Hall–Kier alpha value is -2.31. The van der Waals surface area contributed by atoms with Crippen molar-refractivity contribution in [3.05, 3.63) is 77.3 Å². The van der Waals surface area contributed by atoms with Gasteiger partial charge in [-0.3, -0.25) is 9.36 Å². The SMILES string of the molecule is O=C(NC1CC1)[C@H](Sc1nccn1-c1ccc(Cl)cc1)c1ccc(F)cc1. The third-order valence-electron chi connectivity index (χ3n) is 4.27. The van der Waals surface area contributed by atoms with E-state index in [0.29, 0.717) is 10.2 Å². The van der Waals surface area contributed by atoms with Crippen molar-refractivity contribution in [2.75, 3.05) is 0 Å². The van der Waals surface area contributed by atoms with E-state index in [4.69, 9.17) is 11.6 Å². The molecule has 1 saturated carbocycles. The highest BCUT2D eigenvalue weighted by atomic mass is 35.5. The predicted octanol–water partition coefficient (Wildman–Crippen LogP) is 4.78. The standard InChI is InChI=1S/C20H17ClFN3OS/c21-14-3-9-17(10-4-14)25-12-11-23-20(25)27-18(19(26)24-16-7-8-16)13-1-5-15(22)6-2-13/h1-6,9-12,16,18H,7-8H2,(H,24,26)/t18-/m1/s1. The molecule has 1 N–H and O–H groups in total. The molecule has 1 fully saturated rings. The highest BCUT2D eigenvalue weighted by Crippen LogP contribution is 2.36. The number of carbonyl (C=O) groups is 1. The Bertz CT molecular complexity index is 939. The highest BCUT2D eigenvalue weighted by molar-refractivity contribution is 8.00. The average Bonchev–Trinajstić information content (AvgIpc) is 3.36. The Labute approximate surface area is 165 Å². The molecule has 4 rings (SSSR count). The van der Waals surface area contributed by atoms with E-state index in [2.05, 4.69) is 10.3 Å². The highest BCUT2D eigenvalue weighted by Gasteiger charge is 2.30. The van der Waals surface area contributed by atoms with Crippen LogP contribution in [-0.4, -0.2) is 21.5 Å². The smallest absolute Gasteiger partial charge is 0.238 e. The summed E-state index contributed by atoms with van der Waals surface area (Å²) in [5.41, 5.74) is 1.64. The van der Waals surface area contributed by atoms with Crippen LogP contribution in [0, 0.1) is 5.82 Å². The van der Waals surface area contributed by atoms with Crippen LogP contribution in [0.1, 0.15) is 23.7 Å². The van der Waals surface area contributed by atoms with Crippen LogP contribution in [0.15, 0.2) is 66.1 Å². The molecule has 1 aliphatic carbocycles. The van der Waals surface area contributed by atoms with Crippen molar-refractivity contribution in [3.63, 3.8) is 0 Å². The van der Waals surface area contributed by atoms with E-state index in [-0.39, 0.29) is 17.8 Å². The molecular formula is C20H17ClFN3OS. The number of hydrogen-bond donors (Lipinski definition) is 1. The van der Waals surface area contributed by atoms with Gasteiger partial charge in [-0.15, -0.1) is 0 Å². The third-order valence-corrected chi connectivity index (χ3v) is 5.76. The first-order chi connectivity index (χ1) is 13.1. The monoisotopic (exact) mass is 401 g/mol. The van der Waals surface area contributed by atoms with Crippen LogP contribution in [0.5, 0.6) is 0 Å². The lowest BCUT2D eigenvalue weighted by molar-refractivity contribution is -0.120. The number of imidazole rings is 1. The van der Waals surface area contributed by atoms with Crippen LogP contribution in [-0.2, 0) is 4.79 Å².